The van der Waals surface area contributed by atoms with Crippen molar-refractivity contribution in [3.05, 3.63) is 48.5 Å². The van der Waals surface area contributed by atoms with Crippen LogP contribution in [0, 0.1) is 0 Å². The lowest BCUT2D eigenvalue weighted by molar-refractivity contribution is 0.482. The molecule has 2 N–H and O–H groups in total. The van der Waals surface area contributed by atoms with Crippen molar-refractivity contribution in [2.45, 2.75) is 0 Å². The van der Waals surface area contributed by atoms with E-state index in [0.29, 0.717) is 11.5 Å². The minimum atomic E-state index is 0.317. The Morgan fingerprint density at radius 2 is 0.864 bits per heavy atom. The van der Waals surface area contributed by atoms with E-state index >= 15 is 0 Å². The Hall–Kier alpha value is -3.00. The molecule has 6 aromatic rings. The Bertz CT molecular complexity index is 1230. The summed E-state index contributed by atoms with van der Waals surface area (Å²) >= 11 is 0. The van der Waals surface area contributed by atoms with Gasteiger partial charge in [0.1, 0.15) is 11.5 Å². The number of rotatable bonds is 0. The Morgan fingerprint density at radius 1 is 0.455 bits per heavy atom. The van der Waals surface area contributed by atoms with Gasteiger partial charge in [-0.1, -0.05) is 36.4 Å². The van der Waals surface area contributed by atoms with Crippen LogP contribution in [0.3, 0.4) is 0 Å². The molecule has 0 unspecified atom stereocenters. The lowest BCUT2D eigenvalue weighted by Gasteiger charge is -2.06. The SMILES string of the molecule is Oc1cc2ccc3cc(O)c4ccc5ccc1c1c2c3c4c51. The second kappa shape index (κ2) is 3.09. The summed E-state index contributed by atoms with van der Waals surface area (Å²) in [5, 5.41) is 31.6. The zero-order chi connectivity index (χ0) is 14.6. The van der Waals surface area contributed by atoms with E-state index in [1.165, 1.54) is 10.8 Å². The van der Waals surface area contributed by atoms with Crippen LogP contribution in [0.25, 0.3) is 53.9 Å². The van der Waals surface area contributed by atoms with Crippen molar-refractivity contribution >= 4 is 53.9 Å². The third-order valence-corrected chi connectivity index (χ3v) is 5.09. The monoisotopic (exact) mass is 282 g/mol. The molecule has 0 saturated carbocycles. The van der Waals surface area contributed by atoms with Crippen molar-refractivity contribution in [1.82, 2.24) is 0 Å². The van der Waals surface area contributed by atoms with Crippen molar-refractivity contribution in [1.29, 1.82) is 0 Å². The van der Waals surface area contributed by atoms with Crippen LogP contribution in [-0.4, -0.2) is 10.2 Å². The van der Waals surface area contributed by atoms with Gasteiger partial charge in [-0.15, -0.1) is 0 Å². The van der Waals surface area contributed by atoms with Crippen LogP contribution >= 0.6 is 0 Å². The van der Waals surface area contributed by atoms with E-state index in [-0.39, 0.29) is 0 Å². The predicted molar refractivity (Wildman–Crippen MR) is 90.9 cm³/mol. The van der Waals surface area contributed by atoms with Crippen LogP contribution in [-0.2, 0) is 0 Å². The Morgan fingerprint density at radius 3 is 1.36 bits per heavy atom. The summed E-state index contributed by atoms with van der Waals surface area (Å²) in [7, 11) is 0. The fourth-order valence-corrected chi connectivity index (χ4v) is 4.23. The second-order valence-corrected chi connectivity index (χ2v) is 6.13. The highest BCUT2D eigenvalue weighted by atomic mass is 16.3. The Labute approximate surface area is 124 Å². The second-order valence-electron chi connectivity index (χ2n) is 6.13. The van der Waals surface area contributed by atoms with Gasteiger partial charge in [0.15, 0.2) is 0 Å². The number of hydrogen-bond acceptors (Lipinski definition) is 2. The average Bonchev–Trinajstić information content (AvgIpc) is 2.88. The van der Waals surface area contributed by atoms with Gasteiger partial charge in [0.2, 0.25) is 0 Å². The summed E-state index contributed by atoms with van der Waals surface area (Å²) in [6, 6.07) is 15.8. The number of phenolic OH excluding ortho intramolecular Hbond substituents is 2. The van der Waals surface area contributed by atoms with E-state index in [4.69, 9.17) is 0 Å². The lowest BCUT2D eigenvalue weighted by Crippen LogP contribution is -1.78. The first kappa shape index (κ1) is 10.7. The minimum absolute atomic E-state index is 0.317. The third-order valence-electron chi connectivity index (χ3n) is 5.09. The molecule has 0 aliphatic rings. The molecule has 0 bridgehead atoms. The number of benzene rings is 5. The summed E-state index contributed by atoms with van der Waals surface area (Å²) in [5.74, 6) is 0.635. The Kier molecular flexibility index (Phi) is 1.50. The molecule has 0 fully saturated rings. The predicted octanol–water partition coefficient (Wildman–Crippen LogP) is 5.18. The molecule has 22 heavy (non-hydrogen) atoms. The van der Waals surface area contributed by atoms with Gasteiger partial charge in [-0.25, -0.2) is 0 Å². The molecule has 0 heterocycles. The fraction of sp³-hybridized carbons (Fsp3) is 0. The zero-order valence-electron chi connectivity index (χ0n) is 11.5. The van der Waals surface area contributed by atoms with Gasteiger partial charge >= 0.3 is 0 Å². The lowest BCUT2D eigenvalue weighted by atomic mass is 9.99. The molecule has 102 valence electrons. The maximum atomic E-state index is 10.4. The average molecular weight is 282 g/mol. The molecule has 2 heteroatoms. The molecule has 0 atom stereocenters. The molecular formula is C20H10O2. The van der Waals surface area contributed by atoms with Crippen LogP contribution in [0.1, 0.15) is 0 Å². The van der Waals surface area contributed by atoms with Crippen LogP contribution < -0.4 is 0 Å². The molecular weight excluding hydrogens is 272 g/mol. The summed E-state index contributed by atoms with van der Waals surface area (Å²) in [5.41, 5.74) is 0. The molecule has 0 radical (unpaired) electrons. The van der Waals surface area contributed by atoms with Gasteiger partial charge in [-0.2, -0.15) is 0 Å². The number of hydrogen-bond donors (Lipinski definition) is 2. The van der Waals surface area contributed by atoms with Gasteiger partial charge in [0.05, 0.1) is 0 Å². The first-order valence-electron chi connectivity index (χ1n) is 7.33. The standard InChI is InChI=1S/C20H10O2/c21-14-7-10-1-2-11-8-15(22)13-6-4-9-3-5-12(14)19-16(9)20(13)18(11)17(10)19/h1-8,21-22H. The molecule has 0 aliphatic heterocycles. The molecule has 2 nitrogen and oxygen atoms in total. The first-order valence-corrected chi connectivity index (χ1v) is 7.33. The highest BCUT2D eigenvalue weighted by molar-refractivity contribution is 6.45. The van der Waals surface area contributed by atoms with Gasteiger partial charge in [-0.3, -0.25) is 0 Å². The maximum Gasteiger partial charge on any atom is 0.124 e. The van der Waals surface area contributed by atoms with E-state index in [0.717, 1.165) is 43.1 Å². The number of aromatic hydroxyl groups is 2. The topological polar surface area (TPSA) is 40.5 Å². The zero-order valence-corrected chi connectivity index (χ0v) is 11.5. The molecule has 0 saturated heterocycles. The van der Waals surface area contributed by atoms with E-state index in [9.17, 15) is 10.2 Å². The third kappa shape index (κ3) is 0.941. The minimum Gasteiger partial charge on any atom is -0.507 e. The van der Waals surface area contributed by atoms with E-state index in [2.05, 4.69) is 0 Å². The van der Waals surface area contributed by atoms with E-state index < -0.39 is 0 Å². The van der Waals surface area contributed by atoms with E-state index in [1.54, 1.807) is 0 Å². The maximum absolute atomic E-state index is 10.4. The van der Waals surface area contributed by atoms with Crippen LogP contribution in [0.5, 0.6) is 11.5 Å². The van der Waals surface area contributed by atoms with E-state index in [1.807, 2.05) is 48.5 Å². The van der Waals surface area contributed by atoms with Crippen molar-refractivity contribution in [2.75, 3.05) is 0 Å². The van der Waals surface area contributed by atoms with Crippen LogP contribution in [0.2, 0.25) is 0 Å². The van der Waals surface area contributed by atoms with Crippen molar-refractivity contribution in [2.24, 2.45) is 0 Å². The highest BCUT2D eigenvalue weighted by Crippen LogP contribution is 2.51. The molecule has 0 aromatic heterocycles. The number of phenols is 2. The Balaban J connectivity index is 2.23. The smallest absolute Gasteiger partial charge is 0.124 e. The molecule has 6 aromatic carbocycles. The van der Waals surface area contributed by atoms with Gasteiger partial charge < -0.3 is 10.2 Å². The van der Waals surface area contributed by atoms with Crippen molar-refractivity contribution in [3.63, 3.8) is 0 Å². The fourth-order valence-electron chi connectivity index (χ4n) is 4.23. The normalized spacial score (nSPS) is 12.9. The van der Waals surface area contributed by atoms with Gasteiger partial charge in [0.25, 0.3) is 0 Å². The molecule has 0 spiro atoms. The van der Waals surface area contributed by atoms with Crippen LogP contribution in [0.15, 0.2) is 48.5 Å². The van der Waals surface area contributed by atoms with Crippen molar-refractivity contribution < 1.29 is 10.2 Å². The first-order chi connectivity index (χ1) is 10.7. The van der Waals surface area contributed by atoms with Crippen LogP contribution in [0.4, 0.5) is 0 Å². The summed E-state index contributed by atoms with van der Waals surface area (Å²) in [4.78, 5) is 0. The summed E-state index contributed by atoms with van der Waals surface area (Å²) in [6.07, 6.45) is 0. The highest BCUT2D eigenvalue weighted by Gasteiger charge is 2.22. The van der Waals surface area contributed by atoms with Crippen molar-refractivity contribution in [3.8, 4) is 11.5 Å². The summed E-state index contributed by atoms with van der Waals surface area (Å²) in [6.45, 7) is 0. The summed E-state index contributed by atoms with van der Waals surface area (Å²) < 4.78 is 0. The van der Waals surface area contributed by atoms with Gasteiger partial charge in [0, 0.05) is 21.5 Å². The molecule has 0 aliphatic carbocycles. The van der Waals surface area contributed by atoms with Gasteiger partial charge in [-0.05, 0) is 44.5 Å². The molecule has 0 amide bonds. The molecule has 6 rings (SSSR count). The quantitative estimate of drug-likeness (QED) is 0.377. The largest absolute Gasteiger partial charge is 0.507 e.